The lowest BCUT2D eigenvalue weighted by Crippen LogP contribution is -2.20. The molecule has 0 aromatic heterocycles. The number of hydroxylamine groups is 1. The Labute approximate surface area is 50.1 Å². The van der Waals surface area contributed by atoms with Crippen molar-refractivity contribution in [1.29, 1.82) is 0 Å². The molecule has 0 N–H and O–H groups in total. The Bertz CT molecular complexity index is 225. The fraction of sp³-hybridized carbons (Fsp3) is 1.00. The summed E-state index contributed by atoms with van der Waals surface area (Å²) in [6.45, 7) is -0.219. The first-order chi connectivity index (χ1) is 4.05. The van der Waals surface area contributed by atoms with E-state index in [9.17, 15) is 18.5 Å². The predicted octanol–water partition coefficient (Wildman–Crippen LogP) is -1.29. The van der Waals surface area contributed by atoms with Crippen LogP contribution in [-0.2, 0) is 15.0 Å². The molecule has 1 atom stereocenters. The standard InChI is InChI=1S/CH2N2O5S/c4-3(5)9(6,7)2-1-8-2/h1H2. The van der Waals surface area contributed by atoms with Crippen molar-refractivity contribution in [3.63, 3.8) is 0 Å². The van der Waals surface area contributed by atoms with Crippen LogP contribution < -0.4 is 0 Å². The molecule has 1 rings (SSSR count). The predicted molar refractivity (Wildman–Crippen MR) is 23.7 cm³/mol. The molecule has 1 aliphatic heterocycles. The SMILES string of the molecule is O=[N+]([O-])S(=O)(=O)N1CO1. The van der Waals surface area contributed by atoms with Crippen LogP contribution >= 0.6 is 0 Å². The molecule has 0 amide bonds. The number of rotatable bonds is 2. The molecule has 0 radical (unpaired) electrons. The molecule has 1 unspecified atom stereocenters. The Kier molecular flexibility index (Phi) is 1.15. The van der Waals surface area contributed by atoms with Gasteiger partial charge in [0, 0.05) is 4.47 Å². The molecule has 52 valence electrons. The van der Waals surface area contributed by atoms with Gasteiger partial charge in [-0.15, -0.1) is 8.42 Å². The van der Waals surface area contributed by atoms with Crippen LogP contribution in [0.2, 0.25) is 0 Å². The first-order valence-corrected chi connectivity index (χ1v) is 3.25. The van der Waals surface area contributed by atoms with Crippen LogP contribution in [0.1, 0.15) is 0 Å². The molecular formula is CH2N2O5S. The molecule has 7 nitrogen and oxygen atoms in total. The molecule has 1 heterocycles. The largest absolute Gasteiger partial charge is 0.523 e. The second-order valence-electron chi connectivity index (χ2n) is 1.26. The summed E-state index contributed by atoms with van der Waals surface area (Å²) in [5.41, 5.74) is 0. The zero-order valence-electron chi connectivity index (χ0n) is 4.05. The van der Waals surface area contributed by atoms with Gasteiger partial charge in [0.05, 0.1) is 0 Å². The summed E-state index contributed by atoms with van der Waals surface area (Å²) in [5.74, 6) is 0. The van der Waals surface area contributed by atoms with Gasteiger partial charge in [0.15, 0.2) is 11.1 Å². The lowest BCUT2D eigenvalue weighted by atomic mass is 11.5. The summed E-state index contributed by atoms with van der Waals surface area (Å²) in [7, 11) is -4.37. The highest BCUT2D eigenvalue weighted by Gasteiger charge is 2.44. The smallest absolute Gasteiger partial charge is 0.258 e. The van der Waals surface area contributed by atoms with Gasteiger partial charge in [-0.1, -0.05) is 0 Å². The Morgan fingerprint density at radius 2 is 2.11 bits per heavy atom. The van der Waals surface area contributed by atoms with Crippen LogP contribution in [0.25, 0.3) is 0 Å². The van der Waals surface area contributed by atoms with Crippen molar-refractivity contribution in [2.24, 2.45) is 0 Å². The van der Waals surface area contributed by atoms with E-state index in [-0.39, 0.29) is 11.2 Å². The number of hydrogen-bond donors (Lipinski definition) is 0. The molecule has 0 aliphatic carbocycles. The zero-order valence-corrected chi connectivity index (χ0v) is 4.87. The summed E-state index contributed by atoms with van der Waals surface area (Å²) in [6, 6.07) is 0. The van der Waals surface area contributed by atoms with Crippen LogP contribution in [0.3, 0.4) is 0 Å². The molecule has 0 bridgehead atoms. The quantitative estimate of drug-likeness (QED) is 0.280. The molecule has 1 saturated heterocycles. The molecule has 1 fully saturated rings. The van der Waals surface area contributed by atoms with Gasteiger partial charge < -0.3 is 0 Å². The van der Waals surface area contributed by atoms with Crippen molar-refractivity contribution >= 4 is 10.2 Å². The summed E-state index contributed by atoms with van der Waals surface area (Å²) >= 11 is 0. The van der Waals surface area contributed by atoms with Crippen LogP contribution in [0.5, 0.6) is 0 Å². The van der Waals surface area contributed by atoms with Gasteiger partial charge in [0.1, 0.15) is 0 Å². The topological polar surface area (TPSA) is 92.8 Å². The summed E-state index contributed by atoms with van der Waals surface area (Å²) in [4.78, 5) is 13.6. The van der Waals surface area contributed by atoms with E-state index in [0.29, 0.717) is 0 Å². The fourth-order valence-corrected chi connectivity index (χ4v) is 0.693. The van der Waals surface area contributed by atoms with E-state index in [1.807, 2.05) is 0 Å². The van der Waals surface area contributed by atoms with Crippen molar-refractivity contribution in [3.05, 3.63) is 10.1 Å². The monoisotopic (exact) mass is 154 g/mol. The minimum Gasteiger partial charge on any atom is -0.258 e. The maximum atomic E-state index is 10.2. The van der Waals surface area contributed by atoms with Crippen molar-refractivity contribution in [2.75, 3.05) is 6.73 Å². The van der Waals surface area contributed by atoms with Gasteiger partial charge in [0.2, 0.25) is 0 Å². The van der Waals surface area contributed by atoms with Crippen LogP contribution in [-0.4, -0.2) is 23.9 Å². The van der Waals surface area contributed by atoms with Crippen molar-refractivity contribution < 1.29 is 17.6 Å². The first kappa shape index (κ1) is 6.39. The van der Waals surface area contributed by atoms with E-state index in [4.69, 9.17) is 0 Å². The third kappa shape index (κ3) is 0.992. The van der Waals surface area contributed by atoms with E-state index in [2.05, 4.69) is 4.84 Å². The third-order valence-corrected chi connectivity index (χ3v) is 1.78. The summed E-state index contributed by atoms with van der Waals surface area (Å²) < 4.78 is 19.3. The normalized spacial score (nSPS) is 25.6. The maximum absolute atomic E-state index is 10.2. The van der Waals surface area contributed by atoms with Crippen LogP contribution in [0.15, 0.2) is 0 Å². The molecule has 0 saturated carbocycles. The molecule has 1 aliphatic rings. The lowest BCUT2D eigenvalue weighted by molar-refractivity contribution is -0.312. The lowest BCUT2D eigenvalue weighted by Gasteiger charge is -1.85. The van der Waals surface area contributed by atoms with E-state index in [1.165, 1.54) is 0 Å². The third-order valence-electron chi connectivity index (χ3n) is 0.680. The minimum atomic E-state index is -4.37. The Hall–Kier alpha value is -0.730. The van der Waals surface area contributed by atoms with Gasteiger partial charge in [-0.3, -0.25) is 4.84 Å². The Morgan fingerprint density at radius 3 is 2.22 bits per heavy atom. The van der Waals surface area contributed by atoms with Crippen LogP contribution in [0, 0.1) is 10.1 Å². The van der Waals surface area contributed by atoms with Crippen molar-refractivity contribution in [2.45, 2.75) is 0 Å². The maximum Gasteiger partial charge on any atom is 0.523 e. The highest BCUT2D eigenvalue weighted by atomic mass is 32.2. The summed E-state index contributed by atoms with van der Waals surface area (Å²) in [6.07, 6.45) is 0. The van der Waals surface area contributed by atoms with Gasteiger partial charge in [-0.25, -0.2) is 10.1 Å². The molecule has 0 spiro atoms. The number of nitro groups is 1. The second-order valence-corrected chi connectivity index (χ2v) is 2.86. The highest BCUT2D eigenvalue weighted by Crippen LogP contribution is 2.13. The van der Waals surface area contributed by atoms with Crippen molar-refractivity contribution in [1.82, 2.24) is 4.47 Å². The molecule has 8 heteroatoms. The van der Waals surface area contributed by atoms with E-state index < -0.39 is 14.5 Å². The average molecular weight is 154 g/mol. The Morgan fingerprint density at radius 1 is 1.67 bits per heavy atom. The summed E-state index contributed by atoms with van der Waals surface area (Å²) in [5, 5.41) is 9.60. The molecule has 9 heavy (non-hydrogen) atoms. The minimum absolute atomic E-state index is 0.219. The van der Waals surface area contributed by atoms with E-state index in [0.717, 1.165) is 0 Å². The fourth-order valence-electron chi connectivity index (χ4n) is 0.231. The van der Waals surface area contributed by atoms with Gasteiger partial charge in [0.25, 0.3) is 0 Å². The van der Waals surface area contributed by atoms with Crippen LogP contribution in [0.4, 0.5) is 0 Å². The van der Waals surface area contributed by atoms with E-state index >= 15 is 0 Å². The second kappa shape index (κ2) is 1.62. The van der Waals surface area contributed by atoms with E-state index in [1.54, 1.807) is 0 Å². The zero-order chi connectivity index (χ0) is 7.07. The van der Waals surface area contributed by atoms with Gasteiger partial charge in [-0.2, -0.15) is 0 Å². The van der Waals surface area contributed by atoms with Gasteiger partial charge >= 0.3 is 10.2 Å². The highest BCUT2D eigenvalue weighted by molar-refractivity contribution is 7.83. The number of nitrogens with zero attached hydrogens (tertiary/aromatic N) is 2. The molecule has 0 aromatic carbocycles. The number of hydrogen-bond acceptors (Lipinski definition) is 5. The molecule has 0 aromatic rings. The van der Waals surface area contributed by atoms with Crippen molar-refractivity contribution in [3.8, 4) is 0 Å². The average Bonchev–Trinajstić information content (AvgIpc) is 2.42. The van der Waals surface area contributed by atoms with Gasteiger partial charge in [-0.05, 0) is 0 Å². The molecular weight excluding hydrogens is 152 g/mol. The first-order valence-electron chi connectivity index (χ1n) is 1.85. The Balaban J connectivity index is 2.85.